The van der Waals surface area contributed by atoms with Crippen molar-refractivity contribution in [2.75, 3.05) is 0 Å². The van der Waals surface area contributed by atoms with Crippen molar-refractivity contribution in [2.24, 2.45) is 0 Å². The lowest BCUT2D eigenvalue weighted by Crippen LogP contribution is -2.21. The van der Waals surface area contributed by atoms with Gasteiger partial charge < -0.3 is 0 Å². The number of imidazole rings is 1. The van der Waals surface area contributed by atoms with Crippen molar-refractivity contribution in [3.63, 3.8) is 0 Å². The number of fused-ring (bicyclic) bond motifs is 14. The second-order valence-electron chi connectivity index (χ2n) is 16.6. The average Bonchev–Trinajstić information content (AvgIpc) is 3.90. The van der Waals surface area contributed by atoms with E-state index in [0.29, 0.717) is 0 Å². The molecule has 0 spiro atoms. The van der Waals surface area contributed by atoms with Crippen LogP contribution in [0.15, 0.2) is 218 Å². The van der Waals surface area contributed by atoms with E-state index in [1.54, 1.807) is 0 Å². The van der Waals surface area contributed by atoms with Gasteiger partial charge in [-0.05, 0) is 106 Å². The zero-order valence-corrected chi connectivity index (χ0v) is 35.3. The third kappa shape index (κ3) is 5.23. The second-order valence-corrected chi connectivity index (χ2v) is 21.2. The number of hydrogen-bond donors (Lipinski definition) is 0. The highest BCUT2D eigenvalue weighted by Crippen LogP contribution is 2.66. The van der Waals surface area contributed by atoms with E-state index in [-0.39, 0.29) is 5.66 Å². The maximum Gasteiger partial charge on any atom is 0.147 e. The standard InChI is InChI=1S/C58H37N2PS/c62-61(45-32-27-37-11-1-2-13-42(37)35-45,57-51-17-7-5-15-47(51)48-16-6-8-18-52(48)57)44-30-25-39(26-31-44)38-21-23-40(24-22-38)43-29-33-49-50-34-28-41-12-3-4-14-46(41)56(50)58-59-53-19-9-10-20-54(53)60(58)55(49)36-43/h1-36,57H. The Kier molecular flexibility index (Phi) is 7.85. The Morgan fingerprint density at radius 2 is 0.952 bits per heavy atom. The van der Waals surface area contributed by atoms with Crippen molar-refractivity contribution in [3.8, 4) is 33.4 Å². The summed E-state index contributed by atoms with van der Waals surface area (Å²) in [6.45, 7) is 0. The van der Waals surface area contributed by atoms with Gasteiger partial charge in [-0.2, -0.15) is 0 Å². The van der Waals surface area contributed by atoms with Crippen molar-refractivity contribution >= 4 is 88.4 Å². The molecular formula is C58H37N2PS. The summed E-state index contributed by atoms with van der Waals surface area (Å²) in [6, 6.07) is 77.7. The van der Waals surface area contributed by atoms with Crippen molar-refractivity contribution in [1.82, 2.24) is 9.38 Å². The molecule has 0 bridgehead atoms. The fourth-order valence-corrected chi connectivity index (χ4v) is 15.1. The van der Waals surface area contributed by atoms with Gasteiger partial charge in [0, 0.05) is 22.5 Å². The van der Waals surface area contributed by atoms with Crippen molar-refractivity contribution in [1.29, 1.82) is 0 Å². The zero-order valence-electron chi connectivity index (χ0n) is 33.6. The first-order valence-electron chi connectivity index (χ1n) is 21.2. The molecule has 0 saturated carbocycles. The highest BCUT2D eigenvalue weighted by molar-refractivity contribution is 8.22. The minimum atomic E-state index is -2.45. The number of benzene rings is 10. The van der Waals surface area contributed by atoms with Crippen LogP contribution in [0.2, 0.25) is 0 Å². The summed E-state index contributed by atoms with van der Waals surface area (Å²) in [7, 11) is 0. The van der Waals surface area contributed by atoms with Crippen LogP contribution in [0.25, 0.3) is 93.3 Å². The molecule has 2 aromatic heterocycles. The largest absolute Gasteiger partial charge is 0.292 e. The molecule has 2 nitrogen and oxygen atoms in total. The van der Waals surface area contributed by atoms with Gasteiger partial charge in [-0.15, -0.1) is 0 Å². The molecule has 0 radical (unpaired) electrons. The first-order chi connectivity index (χ1) is 30.6. The highest BCUT2D eigenvalue weighted by atomic mass is 32.4. The van der Waals surface area contributed by atoms with Gasteiger partial charge in [-0.1, -0.05) is 206 Å². The van der Waals surface area contributed by atoms with Crippen LogP contribution in [0.1, 0.15) is 16.8 Å². The normalized spacial score (nSPS) is 13.6. The van der Waals surface area contributed by atoms with E-state index in [4.69, 9.17) is 16.8 Å². The smallest absolute Gasteiger partial charge is 0.147 e. The maximum atomic E-state index is 7.18. The number of rotatable bonds is 5. The molecule has 10 aromatic carbocycles. The van der Waals surface area contributed by atoms with Gasteiger partial charge in [-0.25, -0.2) is 4.98 Å². The third-order valence-electron chi connectivity index (χ3n) is 13.3. The topological polar surface area (TPSA) is 17.3 Å². The summed E-state index contributed by atoms with van der Waals surface area (Å²) in [5.74, 6) is 0. The maximum absolute atomic E-state index is 7.18. The van der Waals surface area contributed by atoms with Crippen LogP contribution in [0.4, 0.5) is 0 Å². The summed E-state index contributed by atoms with van der Waals surface area (Å²) >= 11 is 7.18. The Morgan fingerprint density at radius 1 is 0.403 bits per heavy atom. The van der Waals surface area contributed by atoms with Crippen molar-refractivity contribution in [3.05, 3.63) is 230 Å². The summed E-state index contributed by atoms with van der Waals surface area (Å²) in [6.07, 6.45) is 0. The van der Waals surface area contributed by atoms with Gasteiger partial charge in [0.05, 0.1) is 16.6 Å². The summed E-state index contributed by atoms with van der Waals surface area (Å²) < 4.78 is 2.36. The van der Waals surface area contributed by atoms with Crippen molar-refractivity contribution < 1.29 is 0 Å². The molecule has 0 fully saturated rings. The van der Waals surface area contributed by atoms with E-state index >= 15 is 0 Å². The molecular weight excluding hydrogens is 788 g/mol. The van der Waals surface area contributed by atoms with E-state index in [9.17, 15) is 0 Å². The molecule has 1 aliphatic rings. The van der Waals surface area contributed by atoms with Crippen LogP contribution in [0.3, 0.4) is 0 Å². The predicted octanol–water partition coefficient (Wildman–Crippen LogP) is 14.6. The number of hydrogen-bond acceptors (Lipinski definition) is 2. The minimum Gasteiger partial charge on any atom is -0.292 e. The third-order valence-corrected chi connectivity index (χ3v) is 18.6. The van der Waals surface area contributed by atoms with Gasteiger partial charge in [0.2, 0.25) is 0 Å². The molecule has 1 aliphatic carbocycles. The molecule has 13 rings (SSSR count). The van der Waals surface area contributed by atoms with E-state index in [1.807, 2.05) is 0 Å². The Hall–Kier alpha value is -7.16. The first-order valence-corrected chi connectivity index (χ1v) is 24.1. The molecule has 12 aromatic rings. The molecule has 290 valence electrons. The lowest BCUT2D eigenvalue weighted by Gasteiger charge is -2.32. The second kappa shape index (κ2) is 13.7. The van der Waals surface area contributed by atoms with Crippen LogP contribution < -0.4 is 10.6 Å². The fourth-order valence-electron chi connectivity index (χ4n) is 10.4. The van der Waals surface area contributed by atoms with Gasteiger partial charge in [0.25, 0.3) is 0 Å². The Bertz CT molecular complexity index is 3800. The molecule has 2 heterocycles. The van der Waals surface area contributed by atoms with Crippen LogP contribution >= 0.6 is 6.04 Å². The lowest BCUT2D eigenvalue weighted by molar-refractivity contribution is 1.20. The van der Waals surface area contributed by atoms with Gasteiger partial charge >= 0.3 is 0 Å². The first kappa shape index (κ1) is 35.6. The van der Waals surface area contributed by atoms with Crippen LogP contribution in [0.5, 0.6) is 0 Å². The molecule has 0 N–H and O–H groups in total. The SMILES string of the molecule is S=P(c1ccc(-c2ccc(-c3ccc4c5ccc6ccccc6c5c5nc6ccccc6n5c4c3)cc2)cc1)(c1ccc2ccccc2c1)C1c2ccccc2-c2ccccc21. The van der Waals surface area contributed by atoms with Crippen molar-refractivity contribution in [2.45, 2.75) is 5.66 Å². The Balaban J connectivity index is 0.908. The number of aromatic nitrogens is 2. The van der Waals surface area contributed by atoms with E-state index in [1.165, 1.54) is 92.8 Å². The summed E-state index contributed by atoms with van der Waals surface area (Å²) in [5, 5.41) is 11.0. The molecule has 4 heteroatoms. The van der Waals surface area contributed by atoms with E-state index in [2.05, 4.69) is 223 Å². The Labute approximate surface area is 364 Å². The van der Waals surface area contributed by atoms with Gasteiger partial charge in [0.1, 0.15) is 5.65 Å². The molecule has 62 heavy (non-hydrogen) atoms. The highest BCUT2D eigenvalue weighted by Gasteiger charge is 2.41. The molecule has 1 atom stereocenters. The Morgan fingerprint density at radius 3 is 1.71 bits per heavy atom. The molecule has 0 amide bonds. The monoisotopic (exact) mass is 824 g/mol. The number of nitrogens with zero attached hydrogens (tertiary/aromatic N) is 2. The predicted molar refractivity (Wildman–Crippen MR) is 267 cm³/mol. The van der Waals surface area contributed by atoms with Crippen LogP contribution in [-0.2, 0) is 11.8 Å². The van der Waals surface area contributed by atoms with E-state index < -0.39 is 6.04 Å². The average molecular weight is 825 g/mol. The molecule has 0 aliphatic heterocycles. The quantitative estimate of drug-likeness (QED) is 0.127. The minimum absolute atomic E-state index is 0.0806. The zero-order chi connectivity index (χ0) is 40.9. The summed E-state index contributed by atoms with van der Waals surface area (Å²) in [5.41, 5.74) is 14.3. The fraction of sp³-hybridized carbons (Fsp3) is 0.0172. The van der Waals surface area contributed by atoms with Crippen LogP contribution in [-0.4, -0.2) is 9.38 Å². The lowest BCUT2D eigenvalue weighted by atomic mass is 9.96. The van der Waals surface area contributed by atoms with Gasteiger partial charge in [-0.3, -0.25) is 4.40 Å². The van der Waals surface area contributed by atoms with Crippen LogP contribution in [0, 0.1) is 0 Å². The van der Waals surface area contributed by atoms with Gasteiger partial charge in [0.15, 0.2) is 0 Å². The van der Waals surface area contributed by atoms with E-state index in [0.717, 1.165) is 22.2 Å². The molecule has 0 saturated heterocycles. The summed E-state index contributed by atoms with van der Waals surface area (Å²) in [4.78, 5) is 5.24. The number of para-hydroxylation sites is 2. The molecule has 1 unspecified atom stereocenters. The number of pyridine rings is 1.